The number of thiophene rings is 1. The van der Waals surface area contributed by atoms with Gasteiger partial charge < -0.3 is 0 Å². The zero-order valence-corrected chi connectivity index (χ0v) is 7.86. The van der Waals surface area contributed by atoms with Gasteiger partial charge in [0, 0.05) is 0 Å². The normalized spacial score (nSPS) is 9.42. The molecule has 2 nitrogen and oxygen atoms in total. The lowest BCUT2D eigenvalue weighted by Gasteiger charge is -1.94. The predicted molar refractivity (Wildman–Crippen MR) is 50.7 cm³/mol. The number of isocyanates is 1. The minimum atomic E-state index is 0.818. The summed E-state index contributed by atoms with van der Waals surface area (Å²) in [6.45, 7) is 2.15. The Bertz CT molecular complexity index is 286. The van der Waals surface area contributed by atoms with Gasteiger partial charge in [0.2, 0.25) is 6.08 Å². The van der Waals surface area contributed by atoms with Crippen molar-refractivity contribution in [2.45, 2.75) is 26.2 Å². The molecule has 1 aromatic heterocycles. The Morgan fingerprint density at radius 3 is 3.17 bits per heavy atom. The van der Waals surface area contributed by atoms with Gasteiger partial charge in [-0.1, -0.05) is 13.3 Å². The molecule has 0 aliphatic heterocycles. The molecule has 0 N–H and O–H groups in total. The van der Waals surface area contributed by atoms with Gasteiger partial charge in [-0.25, -0.2) is 4.79 Å². The van der Waals surface area contributed by atoms with E-state index in [1.807, 2.05) is 11.4 Å². The molecule has 64 valence electrons. The van der Waals surface area contributed by atoms with Crippen molar-refractivity contribution in [2.75, 3.05) is 0 Å². The Morgan fingerprint density at radius 1 is 1.67 bits per heavy atom. The van der Waals surface area contributed by atoms with Crippen LogP contribution in [-0.2, 0) is 11.2 Å². The second kappa shape index (κ2) is 4.86. The summed E-state index contributed by atoms with van der Waals surface area (Å²) in [6, 6.07) is 2.02. The fourth-order valence-corrected chi connectivity index (χ4v) is 1.80. The number of hydrogen-bond acceptors (Lipinski definition) is 3. The number of aliphatic imine (C=N–C) groups is 1. The summed E-state index contributed by atoms with van der Waals surface area (Å²) in [5.41, 5.74) is 1.17. The van der Waals surface area contributed by atoms with Crippen LogP contribution in [0.3, 0.4) is 0 Å². The van der Waals surface area contributed by atoms with Crippen LogP contribution in [-0.4, -0.2) is 6.08 Å². The smallest absolute Gasteiger partial charge is 0.211 e. The minimum absolute atomic E-state index is 0.818. The molecule has 0 spiro atoms. The second-order valence-corrected chi connectivity index (χ2v) is 3.45. The van der Waals surface area contributed by atoms with E-state index in [1.165, 1.54) is 23.3 Å². The monoisotopic (exact) mass is 181 g/mol. The van der Waals surface area contributed by atoms with E-state index >= 15 is 0 Å². The van der Waals surface area contributed by atoms with Gasteiger partial charge in [-0.3, -0.25) is 0 Å². The fraction of sp³-hybridized carbons (Fsp3) is 0.444. The van der Waals surface area contributed by atoms with Crippen molar-refractivity contribution >= 4 is 22.4 Å². The van der Waals surface area contributed by atoms with Gasteiger partial charge >= 0.3 is 0 Å². The highest BCUT2D eigenvalue weighted by Crippen LogP contribution is 2.27. The van der Waals surface area contributed by atoms with Crippen LogP contribution in [0.2, 0.25) is 0 Å². The molecule has 0 radical (unpaired) electrons. The average molecular weight is 181 g/mol. The number of aryl methyl sites for hydroxylation is 1. The highest BCUT2D eigenvalue weighted by Gasteiger charge is 2.01. The maximum Gasteiger partial charge on any atom is 0.241 e. The summed E-state index contributed by atoms with van der Waals surface area (Å²) in [6.07, 6.45) is 4.90. The first-order chi connectivity index (χ1) is 5.88. The van der Waals surface area contributed by atoms with Crippen LogP contribution in [0.25, 0.3) is 0 Å². The molecule has 0 aliphatic rings. The molecule has 1 rings (SSSR count). The lowest BCUT2D eigenvalue weighted by molar-refractivity contribution is 0.565. The molecule has 0 amide bonds. The SMILES string of the molecule is CCCCc1ccsc1N=C=O. The van der Waals surface area contributed by atoms with Gasteiger partial charge in [0.25, 0.3) is 0 Å². The molecule has 0 atom stereocenters. The van der Waals surface area contributed by atoms with Crippen molar-refractivity contribution in [1.29, 1.82) is 0 Å². The van der Waals surface area contributed by atoms with Crippen molar-refractivity contribution in [1.82, 2.24) is 0 Å². The Balaban J connectivity index is 2.70. The number of nitrogens with zero attached hydrogens (tertiary/aromatic N) is 1. The van der Waals surface area contributed by atoms with Gasteiger partial charge in [0.1, 0.15) is 5.00 Å². The van der Waals surface area contributed by atoms with E-state index in [0.717, 1.165) is 17.8 Å². The average Bonchev–Trinajstić information content (AvgIpc) is 2.50. The quantitative estimate of drug-likeness (QED) is 0.518. The van der Waals surface area contributed by atoms with Gasteiger partial charge in [0.15, 0.2) is 0 Å². The van der Waals surface area contributed by atoms with Crippen LogP contribution in [0, 0.1) is 0 Å². The van der Waals surface area contributed by atoms with E-state index in [4.69, 9.17) is 0 Å². The molecule has 0 aromatic carbocycles. The molecule has 1 aromatic rings. The molecular formula is C9H11NOS. The van der Waals surface area contributed by atoms with Crippen molar-refractivity contribution in [3.8, 4) is 0 Å². The first-order valence-corrected chi connectivity index (χ1v) is 4.90. The lowest BCUT2D eigenvalue weighted by atomic mass is 10.1. The van der Waals surface area contributed by atoms with E-state index in [9.17, 15) is 4.79 Å². The third-order valence-electron chi connectivity index (χ3n) is 1.67. The molecule has 0 unspecified atom stereocenters. The Labute approximate surface area is 76.0 Å². The number of unbranched alkanes of at least 4 members (excludes halogenated alkanes) is 1. The molecule has 1 heterocycles. The predicted octanol–water partition coefficient (Wildman–Crippen LogP) is 3.06. The van der Waals surface area contributed by atoms with Crippen LogP contribution in [0.4, 0.5) is 5.00 Å². The summed E-state index contributed by atoms with van der Waals surface area (Å²) < 4.78 is 0. The molecule has 0 aliphatic carbocycles. The van der Waals surface area contributed by atoms with Crippen LogP contribution >= 0.6 is 11.3 Å². The molecule has 12 heavy (non-hydrogen) atoms. The van der Waals surface area contributed by atoms with Gasteiger partial charge in [-0.2, -0.15) is 4.99 Å². The van der Waals surface area contributed by atoms with E-state index in [2.05, 4.69) is 11.9 Å². The van der Waals surface area contributed by atoms with Gasteiger partial charge in [0.05, 0.1) is 0 Å². The largest absolute Gasteiger partial charge is 0.241 e. The van der Waals surface area contributed by atoms with E-state index < -0.39 is 0 Å². The van der Waals surface area contributed by atoms with Crippen LogP contribution in [0.1, 0.15) is 25.3 Å². The summed E-state index contributed by atoms with van der Waals surface area (Å²) in [5.74, 6) is 0. The fourth-order valence-electron chi connectivity index (χ4n) is 1.02. The van der Waals surface area contributed by atoms with Crippen molar-refractivity contribution < 1.29 is 4.79 Å². The molecular weight excluding hydrogens is 170 g/mol. The maximum absolute atomic E-state index is 10.0. The zero-order chi connectivity index (χ0) is 8.81. The number of carbonyl (C=O) groups excluding carboxylic acids is 1. The Kier molecular flexibility index (Phi) is 3.71. The third-order valence-corrected chi connectivity index (χ3v) is 2.52. The topological polar surface area (TPSA) is 29.4 Å². The molecule has 3 heteroatoms. The summed E-state index contributed by atoms with van der Waals surface area (Å²) in [4.78, 5) is 13.6. The molecule has 0 saturated carbocycles. The van der Waals surface area contributed by atoms with Crippen molar-refractivity contribution in [2.24, 2.45) is 4.99 Å². The molecule has 0 bridgehead atoms. The summed E-state index contributed by atoms with van der Waals surface area (Å²) in [7, 11) is 0. The highest BCUT2D eigenvalue weighted by molar-refractivity contribution is 7.14. The highest BCUT2D eigenvalue weighted by atomic mass is 32.1. The Hall–Kier alpha value is -0.920. The number of rotatable bonds is 4. The molecule has 0 fully saturated rings. The first kappa shape index (κ1) is 9.17. The zero-order valence-electron chi connectivity index (χ0n) is 7.04. The van der Waals surface area contributed by atoms with Gasteiger partial charge in [-0.15, -0.1) is 11.3 Å². The maximum atomic E-state index is 10.0. The molecule has 0 saturated heterocycles. The van der Waals surface area contributed by atoms with Crippen molar-refractivity contribution in [3.63, 3.8) is 0 Å². The van der Waals surface area contributed by atoms with Gasteiger partial charge in [-0.05, 0) is 29.9 Å². The standard InChI is InChI=1S/C9H11NOS/c1-2-3-4-8-5-6-12-9(8)10-7-11/h5-6H,2-4H2,1H3. The summed E-state index contributed by atoms with van der Waals surface area (Å²) >= 11 is 1.50. The number of hydrogen-bond donors (Lipinski definition) is 0. The van der Waals surface area contributed by atoms with Crippen molar-refractivity contribution in [3.05, 3.63) is 17.0 Å². The second-order valence-electron chi connectivity index (χ2n) is 2.56. The first-order valence-electron chi connectivity index (χ1n) is 4.02. The van der Waals surface area contributed by atoms with E-state index in [-0.39, 0.29) is 0 Å². The Morgan fingerprint density at radius 2 is 2.50 bits per heavy atom. The van der Waals surface area contributed by atoms with Crippen LogP contribution in [0.5, 0.6) is 0 Å². The van der Waals surface area contributed by atoms with E-state index in [1.54, 1.807) is 6.08 Å². The minimum Gasteiger partial charge on any atom is -0.211 e. The van der Waals surface area contributed by atoms with E-state index in [0.29, 0.717) is 0 Å². The van der Waals surface area contributed by atoms with Crippen LogP contribution < -0.4 is 0 Å². The summed E-state index contributed by atoms with van der Waals surface area (Å²) in [5, 5.41) is 2.78. The van der Waals surface area contributed by atoms with Crippen LogP contribution in [0.15, 0.2) is 16.4 Å². The lowest BCUT2D eigenvalue weighted by Crippen LogP contribution is -1.79. The third kappa shape index (κ3) is 2.29.